The Morgan fingerprint density at radius 2 is 1.56 bits per heavy atom. The van der Waals surface area contributed by atoms with Crippen LogP contribution in [-0.4, -0.2) is 34.3 Å². The van der Waals surface area contributed by atoms with Gasteiger partial charge in [0.05, 0.1) is 11.4 Å². The number of esters is 2. The maximum atomic E-state index is 12.0. The van der Waals surface area contributed by atoms with Crippen molar-refractivity contribution in [3.8, 4) is 0 Å². The molecule has 3 rings (SSSR count). The molecule has 0 saturated carbocycles. The third-order valence-corrected chi connectivity index (χ3v) is 4.74. The van der Waals surface area contributed by atoms with Crippen molar-refractivity contribution in [2.75, 3.05) is 6.54 Å². The second kappa shape index (κ2) is 11.1. The summed E-state index contributed by atoms with van der Waals surface area (Å²) in [5.41, 5.74) is 2.27. The molecule has 1 saturated heterocycles. The zero-order chi connectivity index (χ0) is 24.6. The molecule has 0 atom stereocenters. The lowest BCUT2D eigenvalue weighted by Gasteiger charge is -2.29. The highest BCUT2D eigenvalue weighted by molar-refractivity contribution is 6.15. The molecule has 2 aromatic rings. The minimum atomic E-state index is -1.32. The van der Waals surface area contributed by atoms with Crippen molar-refractivity contribution in [1.82, 2.24) is 4.90 Å². The number of hydrogen-bond acceptors (Lipinski definition) is 8. The van der Waals surface area contributed by atoms with Gasteiger partial charge < -0.3 is 19.5 Å². The van der Waals surface area contributed by atoms with Crippen LogP contribution >= 0.6 is 0 Å². The monoisotopic (exact) mass is 461 g/mol. The minimum absolute atomic E-state index is 0.274. The van der Waals surface area contributed by atoms with Gasteiger partial charge in [0, 0.05) is 33.0 Å². The third-order valence-electron chi connectivity index (χ3n) is 4.74. The Bertz CT molecular complexity index is 1110. The molecule has 0 amide bonds. The highest BCUT2D eigenvalue weighted by Crippen LogP contribution is 2.23. The molecular formula is C26H27N3O5. The topological polar surface area (TPSA) is 101 Å². The van der Waals surface area contributed by atoms with E-state index in [9.17, 15) is 14.7 Å². The lowest BCUT2D eigenvalue weighted by atomic mass is 10.2. The van der Waals surface area contributed by atoms with Crippen molar-refractivity contribution in [2.45, 2.75) is 33.1 Å². The molecule has 0 bridgehead atoms. The number of hydrogen-bond donors (Lipinski definition) is 1. The van der Waals surface area contributed by atoms with E-state index in [1.807, 2.05) is 66.4 Å². The summed E-state index contributed by atoms with van der Waals surface area (Å²) in [6.07, 6.45) is 5.84. The standard InChI is InChI=1S/C26H27N3O5/c1-4-29(16-8-11-22(30)17-23-24(31)33-26(2,3)34-25(23)32)18-19-12-14-21(15-13-19)28-27-20-9-6-5-7-10-20/h5-17,30H,4,18H2,1-3H3/b16-8+,22-11-,28-27?. The van der Waals surface area contributed by atoms with Crippen LogP contribution in [0, 0.1) is 0 Å². The molecule has 176 valence electrons. The van der Waals surface area contributed by atoms with E-state index in [4.69, 9.17) is 9.47 Å². The Morgan fingerprint density at radius 1 is 0.971 bits per heavy atom. The molecule has 0 aliphatic carbocycles. The van der Waals surface area contributed by atoms with E-state index in [1.54, 1.807) is 12.3 Å². The molecule has 1 N–H and O–H groups in total. The molecule has 0 aromatic heterocycles. The fourth-order valence-corrected chi connectivity index (χ4v) is 3.02. The Labute approximate surface area is 198 Å². The number of carbonyl (C=O) groups excluding carboxylic acids is 2. The van der Waals surface area contributed by atoms with E-state index < -0.39 is 17.7 Å². The minimum Gasteiger partial charge on any atom is -0.508 e. The van der Waals surface area contributed by atoms with Gasteiger partial charge in [0.2, 0.25) is 0 Å². The maximum absolute atomic E-state index is 12.0. The van der Waals surface area contributed by atoms with Crippen LogP contribution in [0.15, 0.2) is 101 Å². The SMILES string of the molecule is CCN(/C=C/C=C(\O)C=C1C(=O)OC(C)(C)OC1=O)Cc1ccc(N=Nc2ccccc2)cc1. The molecule has 1 aliphatic heterocycles. The summed E-state index contributed by atoms with van der Waals surface area (Å²) in [5, 5.41) is 18.5. The number of allylic oxidation sites excluding steroid dienone is 3. The molecule has 0 radical (unpaired) electrons. The zero-order valence-corrected chi connectivity index (χ0v) is 19.3. The van der Waals surface area contributed by atoms with Crippen molar-refractivity contribution < 1.29 is 24.2 Å². The van der Waals surface area contributed by atoms with E-state index in [2.05, 4.69) is 10.2 Å². The van der Waals surface area contributed by atoms with E-state index in [0.717, 1.165) is 29.6 Å². The van der Waals surface area contributed by atoms with Crippen molar-refractivity contribution in [2.24, 2.45) is 10.2 Å². The van der Waals surface area contributed by atoms with Crippen molar-refractivity contribution >= 4 is 23.3 Å². The number of nitrogens with zero attached hydrogens (tertiary/aromatic N) is 3. The molecule has 0 spiro atoms. The highest BCUT2D eigenvalue weighted by atomic mass is 16.7. The molecule has 8 heteroatoms. The van der Waals surface area contributed by atoms with Gasteiger partial charge in [-0.3, -0.25) is 0 Å². The van der Waals surface area contributed by atoms with E-state index in [1.165, 1.54) is 19.9 Å². The summed E-state index contributed by atoms with van der Waals surface area (Å²) < 4.78 is 10.0. The van der Waals surface area contributed by atoms with Gasteiger partial charge in [-0.15, -0.1) is 0 Å². The Balaban J connectivity index is 1.59. The number of aliphatic hydroxyl groups excluding tert-OH is 1. The van der Waals surface area contributed by atoms with Crippen molar-refractivity contribution in [3.63, 3.8) is 0 Å². The van der Waals surface area contributed by atoms with Crippen molar-refractivity contribution in [3.05, 3.63) is 95.9 Å². The van der Waals surface area contributed by atoms with Gasteiger partial charge in [-0.05, 0) is 55.1 Å². The summed E-state index contributed by atoms with van der Waals surface area (Å²) in [7, 11) is 0. The Kier molecular flexibility index (Phi) is 7.97. The van der Waals surface area contributed by atoms with Gasteiger partial charge in [0.25, 0.3) is 5.79 Å². The Hall–Kier alpha value is -4.20. The van der Waals surface area contributed by atoms with Gasteiger partial charge in [-0.2, -0.15) is 10.2 Å². The van der Waals surface area contributed by atoms with Gasteiger partial charge in [-0.25, -0.2) is 9.59 Å². The normalized spacial score (nSPS) is 16.0. The van der Waals surface area contributed by atoms with Crippen LogP contribution in [0.3, 0.4) is 0 Å². The number of rotatable bonds is 8. The second-order valence-electron chi connectivity index (χ2n) is 7.94. The van der Waals surface area contributed by atoms with E-state index >= 15 is 0 Å². The largest absolute Gasteiger partial charge is 0.508 e. The number of ether oxygens (including phenoxy) is 2. The first-order valence-electron chi connectivity index (χ1n) is 10.8. The fourth-order valence-electron chi connectivity index (χ4n) is 3.02. The molecule has 1 aliphatic rings. The van der Waals surface area contributed by atoms with Crippen LogP contribution < -0.4 is 0 Å². The molecule has 0 unspecified atom stereocenters. The molecule has 8 nitrogen and oxygen atoms in total. The number of aliphatic hydroxyl groups is 1. The van der Waals surface area contributed by atoms with Crippen LogP contribution in [0.1, 0.15) is 26.3 Å². The number of azo groups is 1. The molecule has 1 fully saturated rings. The summed E-state index contributed by atoms with van der Waals surface area (Å²) in [6.45, 7) is 6.30. The van der Waals surface area contributed by atoms with Crippen LogP contribution in [0.4, 0.5) is 11.4 Å². The summed E-state index contributed by atoms with van der Waals surface area (Å²) in [5.74, 6) is -3.28. The van der Waals surface area contributed by atoms with E-state index in [0.29, 0.717) is 6.54 Å². The number of cyclic esters (lactones) is 2. The first-order valence-corrected chi connectivity index (χ1v) is 10.8. The summed E-state index contributed by atoms with van der Waals surface area (Å²) in [6, 6.07) is 17.3. The fraction of sp³-hybridized carbons (Fsp3) is 0.231. The van der Waals surface area contributed by atoms with Crippen LogP contribution in [-0.2, 0) is 25.6 Å². The lowest BCUT2D eigenvalue weighted by molar-refractivity contribution is -0.222. The van der Waals surface area contributed by atoms with Gasteiger partial charge in [-0.1, -0.05) is 30.3 Å². The van der Waals surface area contributed by atoms with E-state index in [-0.39, 0.29) is 11.3 Å². The predicted octanol–water partition coefficient (Wildman–Crippen LogP) is 5.64. The maximum Gasteiger partial charge on any atom is 0.348 e. The molecular weight excluding hydrogens is 434 g/mol. The van der Waals surface area contributed by atoms with Gasteiger partial charge in [0.1, 0.15) is 11.3 Å². The van der Waals surface area contributed by atoms with Crippen LogP contribution in [0.2, 0.25) is 0 Å². The quantitative estimate of drug-likeness (QED) is 0.136. The Morgan fingerprint density at radius 3 is 2.15 bits per heavy atom. The average Bonchev–Trinajstić information content (AvgIpc) is 2.80. The van der Waals surface area contributed by atoms with Gasteiger partial charge in [0.15, 0.2) is 0 Å². The molecule has 34 heavy (non-hydrogen) atoms. The number of carbonyl (C=O) groups is 2. The first kappa shape index (κ1) is 24.4. The summed E-state index contributed by atoms with van der Waals surface area (Å²) in [4.78, 5) is 25.9. The number of benzene rings is 2. The van der Waals surface area contributed by atoms with Crippen LogP contribution in [0.25, 0.3) is 0 Å². The predicted molar refractivity (Wildman–Crippen MR) is 127 cm³/mol. The molecule has 1 heterocycles. The highest BCUT2D eigenvalue weighted by Gasteiger charge is 2.38. The van der Waals surface area contributed by atoms with Crippen LogP contribution in [0.5, 0.6) is 0 Å². The molecule has 2 aromatic carbocycles. The smallest absolute Gasteiger partial charge is 0.348 e. The summed E-state index contributed by atoms with van der Waals surface area (Å²) >= 11 is 0. The van der Waals surface area contributed by atoms with Crippen molar-refractivity contribution in [1.29, 1.82) is 0 Å². The third kappa shape index (κ3) is 7.16. The first-order chi connectivity index (χ1) is 16.3. The second-order valence-corrected chi connectivity index (χ2v) is 7.94. The zero-order valence-electron chi connectivity index (χ0n) is 19.3. The van der Waals surface area contributed by atoms with Gasteiger partial charge >= 0.3 is 11.9 Å². The average molecular weight is 462 g/mol. The lowest BCUT2D eigenvalue weighted by Crippen LogP contribution is -2.41.